The van der Waals surface area contributed by atoms with E-state index < -0.39 is 0 Å². The van der Waals surface area contributed by atoms with Gasteiger partial charge in [0.05, 0.1) is 18.1 Å². The van der Waals surface area contributed by atoms with E-state index in [9.17, 15) is 5.26 Å². The monoisotopic (exact) mass is 254 g/mol. The Labute approximate surface area is 114 Å². The smallest absolute Gasteiger partial charge is 0.147 e. The number of nitrogens with zero attached hydrogens (tertiary/aromatic N) is 4. The van der Waals surface area contributed by atoms with E-state index in [1.54, 1.807) is 0 Å². The summed E-state index contributed by atoms with van der Waals surface area (Å²) in [5.41, 5.74) is 2.97. The van der Waals surface area contributed by atoms with Gasteiger partial charge in [-0.3, -0.25) is 0 Å². The number of nitriles is 2. The van der Waals surface area contributed by atoms with Gasteiger partial charge in [-0.05, 0) is 44.7 Å². The molecule has 0 unspecified atom stereocenters. The van der Waals surface area contributed by atoms with Gasteiger partial charge in [0.25, 0.3) is 0 Å². The topological polar surface area (TPSA) is 63.7 Å². The minimum atomic E-state index is 0.229. The summed E-state index contributed by atoms with van der Waals surface area (Å²) in [6.45, 7) is 4.75. The lowest BCUT2D eigenvalue weighted by molar-refractivity contribution is 0.674. The van der Waals surface area contributed by atoms with Gasteiger partial charge in [-0.1, -0.05) is 0 Å². The standard InChI is InChI=1S/C15H18N4/c1-11(2)19(8-4-7-16)15-13(10-17)9-12-5-3-6-14(12)18-15/h9,11H,3-6,8H2,1-2H3. The molecule has 0 aromatic carbocycles. The molecule has 1 aromatic rings. The van der Waals surface area contributed by atoms with Crippen LogP contribution in [-0.2, 0) is 12.8 Å². The van der Waals surface area contributed by atoms with E-state index in [-0.39, 0.29) is 6.04 Å². The molecule has 0 radical (unpaired) electrons. The molecule has 0 bridgehead atoms. The van der Waals surface area contributed by atoms with Crippen molar-refractivity contribution in [3.63, 3.8) is 0 Å². The van der Waals surface area contributed by atoms with Crippen LogP contribution in [0.3, 0.4) is 0 Å². The number of aromatic nitrogens is 1. The molecule has 0 aliphatic heterocycles. The van der Waals surface area contributed by atoms with Crippen molar-refractivity contribution in [2.24, 2.45) is 0 Å². The highest BCUT2D eigenvalue weighted by atomic mass is 15.2. The summed E-state index contributed by atoms with van der Waals surface area (Å²) in [4.78, 5) is 6.75. The van der Waals surface area contributed by atoms with Crippen LogP contribution < -0.4 is 4.90 Å². The molecule has 0 saturated carbocycles. The number of hydrogen-bond acceptors (Lipinski definition) is 4. The van der Waals surface area contributed by atoms with Crippen LogP contribution in [0.4, 0.5) is 5.82 Å². The van der Waals surface area contributed by atoms with Crippen LogP contribution in [0.5, 0.6) is 0 Å². The number of fused-ring (bicyclic) bond motifs is 1. The Bertz CT molecular complexity index is 548. The van der Waals surface area contributed by atoms with Gasteiger partial charge in [0.1, 0.15) is 11.9 Å². The lowest BCUT2D eigenvalue weighted by Gasteiger charge is -2.28. The van der Waals surface area contributed by atoms with E-state index in [2.05, 4.69) is 30.9 Å². The summed E-state index contributed by atoms with van der Waals surface area (Å²) in [5.74, 6) is 0.744. The first-order valence-electron chi connectivity index (χ1n) is 6.74. The Kier molecular flexibility index (Phi) is 4.02. The predicted molar refractivity (Wildman–Crippen MR) is 73.7 cm³/mol. The summed E-state index contributed by atoms with van der Waals surface area (Å²) >= 11 is 0. The molecule has 0 saturated heterocycles. The average molecular weight is 254 g/mol. The highest BCUT2D eigenvalue weighted by Gasteiger charge is 2.21. The first-order chi connectivity index (χ1) is 9.17. The molecule has 4 heteroatoms. The van der Waals surface area contributed by atoms with Gasteiger partial charge in [-0.15, -0.1) is 0 Å². The lowest BCUT2D eigenvalue weighted by Crippen LogP contribution is -2.33. The van der Waals surface area contributed by atoms with E-state index >= 15 is 0 Å². The highest BCUT2D eigenvalue weighted by Crippen LogP contribution is 2.28. The summed E-state index contributed by atoms with van der Waals surface area (Å²) in [7, 11) is 0. The van der Waals surface area contributed by atoms with Crippen molar-refractivity contribution in [2.75, 3.05) is 11.4 Å². The highest BCUT2D eigenvalue weighted by molar-refractivity contribution is 5.57. The summed E-state index contributed by atoms with van der Waals surface area (Å²) in [6.07, 6.45) is 3.59. The van der Waals surface area contributed by atoms with Crippen LogP contribution >= 0.6 is 0 Å². The predicted octanol–water partition coefficient (Wildman–Crippen LogP) is 2.57. The third kappa shape index (κ3) is 2.69. The Hall–Kier alpha value is -2.07. The van der Waals surface area contributed by atoms with Gasteiger partial charge in [0, 0.05) is 18.3 Å². The normalized spacial score (nSPS) is 12.9. The summed E-state index contributed by atoms with van der Waals surface area (Å²) in [5, 5.41) is 18.1. The Morgan fingerprint density at radius 3 is 2.79 bits per heavy atom. The molecule has 1 aromatic heterocycles. The summed E-state index contributed by atoms with van der Waals surface area (Å²) < 4.78 is 0. The third-order valence-corrected chi connectivity index (χ3v) is 3.51. The molecule has 0 fully saturated rings. The minimum absolute atomic E-state index is 0.229. The molecule has 1 aliphatic rings. The van der Waals surface area contributed by atoms with Gasteiger partial charge >= 0.3 is 0 Å². The number of rotatable bonds is 4. The first kappa shape index (κ1) is 13.4. The van der Waals surface area contributed by atoms with Crippen molar-refractivity contribution < 1.29 is 0 Å². The average Bonchev–Trinajstić information content (AvgIpc) is 2.84. The molecule has 0 atom stereocenters. The molecule has 0 amide bonds. The van der Waals surface area contributed by atoms with E-state index in [0.29, 0.717) is 18.5 Å². The van der Waals surface area contributed by atoms with Gasteiger partial charge in [0.15, 0.2) is 0 Å². The number of anilines is 1. The van der Waals surface area contributed by atoms with Crippen molar-refractivity contribution in [1.82, 2.24) is 4.98 Å². The SMILES string of the molecule is CC(C)N(CCC#N)c1nc2c(cc1C#N)CCC2. The van der Waals surface area contributed by atoms with Gasteiger partial charge in [-0.25, -0.2) is 4.98 Å². The molecule has 1 aliphatic carbocycles. The third-order valence-electron chi connectivity index (χ3n) is 3.51. The Balaban J connectivity index is 2.41. The van der Waals surface area contributed by atoms with Crippen molar-refractivity contribution >= 4 is 5.82 Å². The molecule has 19 heavy (non-hydrogen) atoms. The second-order valence-electron chi connectivity index (χ2n) is 5.13. The van der Waals surface area contributed by atoms with Crippen molar-refractivity contribution in [2.45, 2.75) is 45.6 Å². The molecular weight excluding hydrogens is 236 g/mol. The lowest BCUT2D eigenvalue weighted by atomic mass is 10.1. The van der Waals surface area contributed by atoms with Crippen LogP contribution in [0.25, 0.3) is 0 Å². The molecular formula is C15H18N4. The first-order valence-corrected chi connectivity index (χ1v) is 6.74. The Morgan fingerprint density at radius 2 is 2.16 bits per heavy atom. The maximum Gasteiger partial charge on any atom is 0.147 e. The van der Waals surface area contributed by atoms with E-state index in [1.807, 2.05) is 6.07 Å². The molecule has 4 nitrogen and oxygen atoms in total. The van der Waals surface area contributed by atoms with E-state index in [0.717, 1.165) is 30.8 Å². The van der Waals surface area contributed by atoms with Crippen molar-refractivity contribution in [3.05, 3.63) is 22.9 Å². The maximum atomic E-state index is 9.32. The van der Waals surface area contributed by atoms with Gasteiger partial charge < -0.3 is 4.90 Å². The quantitative estimate of drug-likeness (QED) is 0.828. The largest absolute Gasteiger partial charge is 0.352 e. The van der Waals surface area contributed by atoms with E-state index in [4.69, 9.17) is 10.2 Å². The van der Waals surface area contributed by atoms with Crippen molar-refractivity contribution in [3.8, 4) is 12.1 Å². The van der Waals surface area contributed by atoms with Crippen molar-refractivity contribution in [1.29, 1.82) is 10.5 Å². The molecule has 0 spiro atoms. The minimum Gasteiger partial charge on any atom is -0.352 e. The van der Waals surface area contributed by atoms with Crippen LogP contribution in [0.15, 0.2) is 6.07 Å². The van der Waals surface area contributed by atoms with Crippen LogP contribution in [-0.4, -0.2) is 17.6 Å². The van der Waals surface area contributed by atoms with Crippen LogP contribution in [0.2, 0.25) is 0 Å². The molecule has 0 N–H and O–H groups in total. The van der Waals surface area contributed by atoms with Gasteiger partial charge in [0.2, 0.25) is 0 Å². The van der Waals surface area contributed by atoms with Gasteiger partial charge in [-0.2, -0.15) is 10.5 Å². The maximum absolute atomic E-state index is 9.32. The molecule has 2 rings (SSSR count). The fourth-order valence-corrected chi connectivity index (χ4v) is 2.54. The zero-order chi connectivity index (χ0) is 13.8. The second-order valence-corrected chi connectivity index (χ2v) is 5.13. The second kappa shape index (κ2) is 5.71. The van der Waals surface area contributed by atoms with E-state index in [1.165, 1.54) is 5.56 Å². The number of pyridine rings is 1. The zero-order valence-corrected chi connectivity index (χ0v) is 11.5. The molecule has 98 valence electrons. The number of aryl methyl sites for hydroxylation is 2. The van der Waals surface area contributed by atoms with Crippen LogP contribution in [0, 0.1) is 22.7 Å². The van der Waals surface area contributed by atoms with Crippen LogP contribution in [0.1, 0.15) is 43.5 Å². The summed E-state index contributed by atoms with van der Waals surface area (Å²) in [6, 6.07) is 6.62. The fraction of sp³-hybridized carbons (Fsp3) is 0.533. The zero-order valence-electron chi connectivity index (χ0n) is 11.5. The fourth-order valence-electron chi connectivity index (χ4n) is 2.54. The Morgan fingerprint density at radius 1 is 1.37 bits per heavy atom. The molecule has 1 heterocycles. The number of hydrogen-bond donors (Lipinski definition) is 0.